The molecule has 0 atom stereocenters. The van der Waals surface area contributed by atoms with Crippen LogP contribution in [0.3, 0.4) is 0 Å². The zero-order valence-corrected chi connectivity index (χ0v) is 23.1. The van der Waals surface area contributed by atoms with Crippen LogP contribution in [0.15, 0.2) is 72.9 Å². The third-order valence-corrected chi connectivity index (χ3v) is 7.50. The van der Waals surface area contributed by atoms with E-state index in [2.05, 4.69) is 22.8 Å². The molecule has 1 aromatic heterocycles. The molecule has 0 spiro atoms. The lowest BCUT2D eigenvalue weighted by Gasteiger charge is -2.36. The first-order chi connectivity index (χ1) is 19.5. The van der Waals surface area contributed by atoms with Gasteiger partial charge >= 0.3 is 0 Å². The van der Waals surface area contributed by atoms with Crippen molar-refractivity contribution in [3.8, 4) is 0 Å². The van der Waals surface area contributed by atoms with Crippen molar-refractivity contribution in [3.63, 3.8) is 0 Å². The van der Waals surface area contributed by atoms with Crippen molar-refractivity contribution in [1.82, 2.24) is 14.4 Å². The Labute approximate surface area is 235 Å². The molecular weight excluding hydrogens is 508 g/mol. The molecule has 0 radical (unpaired) electrons. The van der Waals surface area contributed by atoms with Gasteiger partial charge in [0.15, 0.2) is 0 Å². The molecule has 1 fully saturated rings. The molecule has 3 aromatic rings. The third kappa shape index (κ3) is 7.79. The van der Waals surface area contributed by atoms with Gasteiger partial charge in [0.05, 0.1) is 11.5 Å². The van der Waals surface area contributed by atoms with E-state index in [1.165, 1.54) is 36.2 Å². The highest BCUT2D eigenvalue weighted by Crippen LogP contribution is 2.25. The van der Waals surface area contributed by atoms with Gasteiger partial charge in [0, 0.05) is 62.4 Å². The first-order valence-electron chi connectivity index (χ1n) is 14.0. The van der Waals surface area contributed by atoms with Crippen LogP contribution in [0.1, 0.15) is 60.1 Å². The summed E-state index contributed by atoms with van der Waals surface area (Å²) in [6.07, 6.45) is 7.85. The summed E-state index contributed by atoms with van der Waals surface area (Å²) < 4.78 is 7.37. The number of ether oxygens (including phenoxy) is 1. The number of carbonyl (C=O) groups excluding carboxylic acids is 2. The van der Waals surface area contributed by atoms with E-state index in [0.717, 1.165) is 37.9 Å². The highest BCUT2D eigenvalue weighted by molar-refractivity contribution is 5.96. The molecule has 1 heterocycles. The van der Waals surface area contributed by atoms with Crippen molar-refractivity contribution in [3.05, 3.63) is 99.9 Å². The first-order valence-corrected chi connectivity index (χ1v) is 14.0. The summed E-state index contributed by atoms with van der Waals surface area (Å²) in [5.74, 6) is -0.414. The SMILES string of the molecule is COCCCN(CC(=O)N(Cc1cccn1Cc1ccccc1)C1CCCCC1)C(=O)c1ccc([N+](=O)[O-])cc1. The molecule has 1 aliphatic carbocycles. The van der Waals surface area contributed by atoms with Gasteiger partial charge in [0.25, 0.3) is 11.6 Å². The second-order valence-corrected chi connectivity index (χ2v) is 10.3. The van der Waals surface area contributed by atoms with Gasteiger partial charge in [-0.15, -0.1) is 0 Å². The van der Waals surface area contributed by atoms with E-state index in [-0.39, 0.29) is 30.1 Å². The number of non-ortho nitro benzene ring substituents is 1. The number of hydrogen-bond acceptors (Lipinski definition) is 5. The molecule has 0 saturated heterocycles. The van der Waals surface area contributed by atoms with Crippen molar-refractivity contribution >= 4 is 17.5 Å². The molecule has 40 heavy (non-hydrogen) atoms. The zero-order chi connectivity index (χ0) is 28.3. The average molecular weight is 547 g/mol. The molecule has 2 aromatic carbocycles. The van der Waals surface area contributed by atoms with Crippen LogP contribution >= 0.6 is 0 Å². The minimum atomic E-state index is -0.496. The molecule has 1 saturated carbocycles. The second-order valence-electron chi connectivity index (χ2n) is 10.3. The number of benzene rings is 2. The monoisotopic (exact) mass is 546 g/mol. The van der Waals surface area contributed by atoms with Crippen molar-refractivity contribution in [1.29, 1.82) is 0 Å². The number of nitro groups is 1. The van der Waals surface area contributed by atoms with E-state index in [0.29, 0.717) is 31.7 Å². The molecule has 0 aliphatic heterocycles. The van der Waals surface area contributed by atoms with Crippen molar-refractivity contribution < 1.29 is 19.2 Å². The van der Waals surface area contributed by atoms with Crippen LogP contribution in [0.4, 0.5) is 5.69 Å². The molecule has 0 bridgehead atoms. The van der Waals surface area contributed by atoms with Gasteiger partial charge < -0.3 is 19.1 Å². The van der Waals surface area contributed by atoms with Gasteiger partial charge in [-0.3, -0.25) is 19.7 Å². The second kappa shape index (κ2) is 14.4. The van der Waals surface area contributed by atoms with Crippen LogP contribution in [0.25, 0.3) is 0 Å². The minimum absolute atomic E-state index is 0.0601. The first kappa shape index (κ1) is 29.0. The van der Waals surface area contributed by atoms with Crippen molar-refractivity contribution in [2.24, 2.45) is 0 Å². The lowest BCUT2D eigenvalue weighted by molar-refractivity contribution is -0.384. The Hall–Kier alpha value is -3.98. The Bertz CT molecular complexity index is 1250. The van der Waals surface area contributed by atoms with Crippen LogP contribution in [0.2, 0.25) is 0 Å². The minimum Gasteiger partial charge on any atom is -0.385 e. The highest BCUT2D eigenvalue weighted by atomic mass is 16.6. The molecular formula is C31H38N4O5. The van der Waals surface area contributed by atoms with Crippen LogP contribution in [0.5, 0.6) is 0 Å². The predicted octanol–water partition coefficient (Wildman–Crippen LogP) is 5.28. The number of amides is 2. The summed E-state index contributed by atoms with van der Waals surface area (Å²) >= 11 is 0. The lowest BCUT2D eigenvalue weighted by Crippen LogP contribution is -2.48. The third-order valence-electron chi connectivity index (χ3n) is 7.50. The van der Waals surface area contributed by atoms with Gasteiger partial charge in [0.1, 0.15) is 6.54 Å². The maximum absolute atomic E-state index is 14.0. The van der Waals surface area contributed by atoms with Crippen LogP contribution in [-0.2, 0) is 22.6 Å². The number of nitro benzene ring substituents is 1. The number of aromatic nitrogens is 1. The van der Waals surface area contributed by atoms with Crippen LogP contribution in [0, 0.1) is 10.1 Å². The van der Waals surface area contributed by atoms with Crippen molar-refractivity contribution in [2.45, 2.75) is 57.7 Å². The van der Waals surface area contributed by atoms with Crippen LogP contribution in [-0.4, -0.2) is 64.0 Å². The average Bonchev–Trinajstić information content (AvgIpc) is 3.42. The highest BCUT2D eigenvalue weighted by Gasteiger charge is 2.29. The van der Waals surface area contributed by atoms with E-state index in [4.69, 9.17) is 4.74 Å². The molecule has 4 rings (SSSR count). The molecule has 1 aliphatic rings. The van der Waals surface area contributed by atoms with E-state index in [1.807, 2.05) is 35.4 Å². The van der Waals surface area contributed by atoms with Gasteiger partial charge in [-0.1, -0.05) is 49.6 Å². The summed E-state index contributed by atoms with van der Waals surface area (Å²) in [6.45, 7) is 1.93. The van der Waals surface area contributed by atoms with Gasteiger partial charge in [-0.05, 0) is 49.1 Å². The molecule has 9 heteroatoms. The van der Waals surface area contributed by atoms with Gasteiger partial charge in [0.2, 0.25) is 5.91 Å². The summed E-state index contributed by atoms with van der Waals surface area (Å²) in [5, 5.41) is 11.1. The maximum atomic E-state index is 14.0. The lowest BCUT2D eigenvalue weighted by atomic mass is 9.94. The predicted molar refractivity (Wildman–Crippen MR) is 153 cm³/mol. The van der Waals surface area contributed by atoms with E-state index in [1.54, 1.807) is 12.0 Å². The molecule has 0 N–H and O–H groups in total. The number of nitrogens with zero attached hydrogens (tertiary/aromatic N) is 4. The number of carbonyl (C=O) groups is 2. The smallest absolute Gasteiger partial charge is 0.269 e. The maximum Gasteiger partial charge on any atom is 0.269 e. The fourth-order valence-corrected chi connectivity index (χ4v) is 5.33. The quantitative estimate of drug-likeness (QED) is 0.165. The molecule has 9 nitrogen and oxygen atoms in total. The number of hydrogen-bond donors (Lipinski definition) is 0. The van der Waals surface area contributed by atoms with Crippen LogP contribution < -0.4 is 0 Å². The topological polar surface area (TPSA) is 97.9 Å². The van der Waals surface area contributed by atoms with E-state index < -0.39 is 4.92 Å². The summed E-state index contributed by atoms with van der Waals surface area (Å²) in [5.41, 5.74) is 2.47. The summed E-state index contributed by atoms with van der Waals surface area (Å²) in [6, 6.07) is 20.0. The number of methoxy groups -OCH3 is 1. The molecule has 0 unspecified atom stereocenters. The normalized spacial score (nSPS) is 13.6. The summed E-state index contributed by atoms with van der Waals surface area (Å²) in [7, 11) is 1.60. The fraction of sp³-hybridized carbons (Fsp3) is 0.419. The molecule has 2 amide bonds. The Balaban J connectivity index is 1.54. The fourth-order valence-electron chi connectivity index (χ4n) is 5.33. The van der Waals surface area contributed by atoms with Gasteiger partial charge in [-0.25, -0.2) is 0 Å². The summed E-state index contributed by atoms with van der Waals surface area (Å²) in [4.78, 5) is 41.5. The molecule has 212 valence electrons. The van der Waals surface area contributed by atoms with Gasteiger partial charge in [-0.2, -0.15) is 0 Å². The zero-order valence-electron chi connectivity index (χ0n) is 23.1. The Morgan fingerprint density at radius 3 is 2.40 bits per heavy atom. The number of rotatable bonds is 13. The largest absolute Gasteiger partial charge is 0.385 e. The van der Waals surface area contributed by atoms with Crippen molar-refractivity contribution in [2.75, 3.05) is 26.8 Å². The van der Waals surface area contributed by atoms with E-state index in [9.17, 15) is 19.7 Å². The Kier molecular flexibility index (Phi) is 10.5. The van der Waals surface area contributed by atoms with E-state index >= 15 is 0 Å². The Morgan fingerprint density at radius 2 is 1.73 bits per heavy atom. The standard InChI is InChI=1S/C31H38N4O5/c1-40-21-9-20-33(31(37)26-15-17-28(18-16-26)35(38)39)24-30(36)34(27-12-6-3-7-13-27)23-29-14-8-19-32(29)22-25-10-4-2-5-11-25/h2,4-5,8,10-11,14-19,27H,3,6-7,9,12-13,20-24H2,1H3. The Morgan fingerprint density at radius 1 is 1.00 bits per heavy atom.